The lowest BCUT2D eigenvalue weighted by Gasteiger charge is -2.36. The number of anilines is 1. The SMILES string of the molecule is CCc1ccc(NC(=O)N2CCOC[C@H]2C[C@@H](C)O)cc1F. The Bertz CT molecular complexity index is 522. The van der Waals surface area contributed by atoms with Crippen LogP contribution in [0.25, 0.3) is 0 Å². The lowest BCUT2D eigenvalue weighted by Crippen LogP contribution is -2.51. The molecule has 1 heterocycles. The number of hydrogen-bond donors (Lipinski definition) is 2. The Morgan fingerprint density at radius 3 is 3.00 bits per heavy atom. The number of ether oxygens (including phenoxy) is 1. The maximum Gasteiger partial charge on any atom is 0.322 e. The Balaban J connectivity index is 2.04. The standard InChI is InChI=1S/C16H23FN2O3/c1-3-12-4-5-13(9-15(12)17)18-16(21)19-6-7-22-10-14(19)8-11(2)20/h4-5,9,11,14,20H,3,6-8,10H2,1-2H3,(H,18,21)/t11-,14-/m1/s1. The van der Waals surface area contributed by atoms with Crippen LogP contribution in [0.2, 0.25) is 0 Å². The Morgan fingerprint density at radius 2 is 2.36 bits per heavy atom. The normalized spacial score (nSPS) is 19.8. The summed E-state index contributed by atoms with van der Waals surface area (Å²) in [4.78, 5) is 14.0. The van der Waals surface area contributed by atoms with E-state index in [1.807, 2.05) is 6.92 Å². The molecule has 1 fully saturated rings. The highest BCUT2D eigenvalue weighted by atomic mass is 19.1. The molecule has 0 spiro atoms. The summed E-state index contributed by atoms with van der Waals surface area (Å²) in [5, 5.41) is 12.2. The van der Waals surface area contributed by atoms with Gasteiger partial charge in [-0.2, -0.15) is 0 Å². The zero-order chi connectivity index (χ0) is 16.1. The maximum atomic E-state index is 13.8. The van der Waals surface area contributed by atoms with Crippen molar-refractivity contribution < 1.29 is 19.0 Å². The zero-order valence-electron chi connectivity index (χ0n) is 13.0. The van der Waals surface area contributed by atoms with Crippen LogP contribution in [0.5, 0.6) is 0 Å². The summed E-state index contributed by atoms with van der Waals surface area (Å²) in [7, 11) is 0. The van der Waals surface area contributed by atoms with Crippen molar-refractivity contribution >= 4 is 11.7 Å². The molecule has 1 aliphatic rings. The Labute approximate surface area is 130 Å². The van der Waals surface area contributed by atoms with Crippen LogP contribution in [0, 0.1) is 5.82 Å². The van der Waals surface area contributed by atoms with Crippen molar-refractivity contribution in [1.29, 1.82) is 0 Å². The molecular formula is C16H23FN2O3. The number of rotatable bonds is 4. The molecule has 2 rings (SSSR count). The van der Waals surface area contributed by atoms with Gasteiger partial charge >= 0.3 is 6.03 Å². The predicted octanol–water partition coefficient (Wildman–Crippen LogP) is 2.39. The predicted molar refractivity (Wildman–Crippen MR) is 82.4 cm³/mol. The number of benzene rings is 1. The molecule has 0 bridgehead atoms. The maximum absolute atomic E-state index is 13.8. The van der Waals surface area contributed by atoms with Crippen LogP contribution in [-0.4, -0.2) is 47.9 Å². The fraction of sp³-hybridized carbons (Fsp3) is 0.562. The lowest BCUT2D eigenvalue weighted by molar-refractivity contribution is -0.00160. The first-order valence-electron chi connectivity index (χ1n) is 7.63. The molecule has 5 nitrogen and oxygen atoms in total. The van der Waals surface area contributed by atoms with Crippen molar-refractivity contribution in [3.63, 3.8) is 0 Å². The summed E-state index contributed by atoms with van der Waals surface area (Å²) in [5.74, 6) is -0.317. The summed E-state index contributed by atoms with van der Waals surface area (Å²) < 4.78 is 19.1. The number of nitrogens with zero attached hydrogens (tertiary/aromatic N) is 1. The third-order valence-corrected chi connectivity index (χ3v) is 3.79. The van der Waals surface area contributed by atoms with Crippen molar-refractivity contribution in [2.75, 3.05) is 25.1 Å². The number of nitrogens with one attached hydrogen (secondary N) is 1. The van der Waals surface area contributed by atoms with Gasteiger partial charge in [-0.25, -0.2) is 9.18 Å². The van der Waals surface area contributed by atoms with E-state index in [2.05, 4.69) is 5.32 Å². The largest absolute Gasteiger partial charge is 0.393 e. The smallest absolute Gasteiger partial charge is 0.322 e. The van der Waals surface area contributed by atoms with Crippen molar-refractivity contribution in [2.24, 2.45) is 0 Å². The second kappa shape index (κ2) is 7.56. The van der Waals surface area contributed by atoms with Crippen LogP contribution in [0.3, 0.4) is 0 Å². The number of aliphatic hydroxyl groups is 1. The van der Waals surface area contributed by atoms with Gasteiger partial charge in [-0.1, -0.05) is 13.0 Å². The van der Waals surface area contributed by atoms with Crippen LogP contribution in [-0.2, 0) is 11.2 Å². The lowest BCUT2D eigenvalue weighted by atomic mass is 10.1. The van der Waals surface area contributed by atoms with E-state index in [9.17, 15) is 14.3 Å². The van der Waals surface area contributed by atoms with Gasteiger partial charge in [0.05, 0.1) is 25.4 Å². The van der Waals surface area contributed by atoms with Gasteiger partial charge in [-0.3, -0.25) is 0 Å². The minimum absolute atomic E-state index is 0.173. The first-order chi connectivity index (χ1) is 10.5. The van der Waals surface area contributed by atoms with Gasteiger partial charge < -0.3 is 20.1 Å². The zero-order valence-corrected chi connectivity index (χ0v) is 13.0. The minimum atomic E-state index is -0.511. The molecule has 0 aromatic heterocycles. The summed E-state index contributed by atoms with van der Waals surface area (Å²) >= 11 is 0. The number of carbonyl (C=O) groups is 1. The van der Waals surface area contributed by atoms with Gasteiger partial charge in [0.25, 0.3) is 0 Å². The topological polar surface area (TPSA) is 61.8 Å². The first-order valence-corrected chi connectivity index (χ1v) is 7.63. The summed E-state index contributed by atoms with van der Waals surface area (Å²) in [6.45, 7) is 4.89. The monoisotopic (exact) mass is 310 g/mol. The van der Waals surface area contributed by atoms with Gasteiger partial charge in [-0.05, 0) is 37.5 Å². The average molecular weight is 310 g/mol. The highest BCUT2D eigenvalue weighted by Crippen LogP contribution is 2.18. The third kappa shape index (κ3) is 4.18. The van der Waals surface area contributed by atoms with E-state index in [0.29, 0.717) is 43.9 Å². The molecule has 2 N–H and O–H groups in total. The van der Waals surface area contributed by atoms with Crippen molar-refractivity contribution in [3.8, 4) is 0 Å². The molecule has 6 heteroatoms. The van der Waals surface area contributed by atoms with E-state index in [1.165, 1.54) is 6.07 Å². The number of halogens is 1. The van der Waals surface area contributed by atoms with Gasteiger partial charge in [-0.15, -0.1) is 0 Å². The summed E-state index contributed by atoms with van der Waals surface area (Å²) in [6.07, 6.45) is 0.555. The number of hydrogen-bond acceptors (Lipinski definition) is 3. The molecule has 0 unspecified atom stereocenters. The van der Waals surface area contributed by atoms with E-state index in [4.69, 9.17) is 4.74 Å². The number of aliphatic hydroxyl groups excluding tert-OH is 1. The van der Waals surface area contributed by atoms with Crippen LogP contribution in [0.15, 0.2) is 18.2 Å². The van der Waals surface area contributed by atoms with E-state index < -0.39 is 6.10 Å². The van der Waals surface area contributed by atoms with Gasteiger partial charge in [0.15, 0.2) is 0 Å². The number of amides is 2. The highest BCUT2D eigenvalue weighted by Gasteiger charge is 2.28. The molecule has 1 saturated heterocycles. The number of urea groups is 1. The average Bonchev–Trinajstić information content (AvgIpc) is 2.47. The molecule has 1 aromatic carbocycles. The third-order valence-electron chi connectivity index (χ3n) is 3.79. The number of aryl methyl sites for hydroxylation is 1. The molecule has 22 heavy (non-hydrogen) atoms. The van der Waals surface area contributed by atoms with Crippen LogP contribution >= 0.6 is 0 Å². The molecule has 1 aromatic rings. The quantitative estimate of drug-likeness (QED) is 0.897. The summed E-state index contributed by atoms with van der Waals surface area (Å²) in [6, 6.07) is 4.24. The highest BCUT2D eigenvalue weighted by molar-refractivity contribution is 5.89. The van der Waals surface area contributed by atoms with E-state index >= 15 is 0 Å². The fourth-order valence-corrected chi connectivity index (χ4v) is 2.62. The van der Waals surface area contributed by atoms with Crippen molar-refractivity contribution in [1.82, 2.24) is 4.90 Å². The van der Waals surface area contributed by atoms with Crippen LogP contribution < -0.4 is 5.32 Å². The van der Waals surface area contributed by atoms with Crippen LogP contribution in [0.4, 0.5) is 14.9 Å². The van der Waals surface area contributed by atoms with E-state index in [0.717, 1.165) is 0 Å². The first kappa shape index (κ1) is 16.7. The molecular weight excluding hydrogens is 287 g/mol. The minimum Gasteiger partial charge on any atom is -0.393 e. The Hall–Kier alpha value is -1.66. The summed E-state index contributed by atoms with van der Waals surface area (Å²) in [5.41, 5.74) is 1.05. The molecule has 0 aliphatic carbocycles. The Kier molecular flexibility index (Phi) is 5.74. The van der Waals surface area contributed by atoms with Gasteiger partial charge in [0.1, 0.15) is 5.82 Å². The molecule has 1 aliphatic heterocycles. The van der Waals surface area contributed by atoms with Gasteiger partial charge in [0.2, 0.25) is 0 Å². The number of carbonyl (C=O) groups excluding carboxylic acids is 1. The van der Waals surface area contributed by atoms with E-state index in [1.54, 1.807) is 24.0 Å². The number of morpholine rings is 1. The van der Waals surface area contributed by atoms with Crippen LogP contribution in [0.1, 0.15) is 25.8 Å². The Morgan fingerprint density at radius 1 is 1.59 bits per heavy atom. The molecule has 2 amide bonds. The second-order valence-electron chi connectivity index (χ2n) is 5.60. The molecule has 0 radical (unpaired) electrons. The molecule has 122 valence electrons. The second-order valence-corrected chi connectivity index (χ2v) is 5.60. The molecule has 2 atom stereocenters. The molecule has 0 saturated carbocycles. The van der Waals surface area contributed by atoms with Crippen molar-refractivity contribution in [2.45, 2.75) is 38.8 Å². The van der Waals surface area contributed by atoms with Crippen molar-refractivity contribution in [3.05, 3.63) is 29.6 Å². The van der Waals surface area contributed by atoms with Gasteiger partial charge in [0, 0.05) is 12.2 Å². The van der Waals surface area contributed by atoms with E-state index in [-0.39, 0.29) is 17.9 Å². The fourth-order valence-electron chi connectivity index (χ4n) is 2.62.